The Morgan fingerprint density at radius 1 is 1.12 bits per heavy atom. The summed E-state index contributed by atoms with van der Waals surface area (Å²) in [6.07, 6.45) is 1.37. The van der Waals surface area contributed by atoms with Gasteiger partial charge in [0.1, 0.15) is 0 Å². The van der Waals surface area contributed by atoms with E-state index in [-0.39, 0.29) is 0 Å². The van der Waals surface area contributed by atoms with Gasteiger partial charge in [0.2, 0.25) is 0 Å². The van der Waals surface area contributed by atoms with E-state index in [2.05, 4.69) is 60.2 Å². The zero-order chi connectivity index (χ0) is 11.9. The van der Waals surface area contributed by atoms with Gasteiger partial charge in [0.15, 0.2) is 0 Å². The number of hydrogen-bond donors (Lipinski definition) is 0. The fourth-order valence-corrected chi connectivity index (χ4v) is 3.52. The third-order valence-corrected chi connectivity index (χ3v) is 6.95. The summed E-state index contributed by atoms with van der Waals surface area (Å²) in [6, 6.07) is 0.822. The van der Waals surface area contributed by atoms with Crippen LogP contribution in [-0.2, 0) is 0 Å². The minimum Gasteiger partial charge on any atom is -0.305 e. The van der Waals surface area contributed by atoms with Gasteiger partial charge in [-0.15, -0.1) is 0 Å². The van der Waals surface area contributed by atoms with Gasteiger partial charge >= 0.3 is 0 Å². The minimum absolute atomic E-state index is 0.485. The number of hydrogen-bond acceptors (Lipinski definition) is 2. The Morgan fingerprint density at radius 2 is 1.69 bits per heavy atom. The summed E-state index contributed by atoms with van der Waals surface area (Å²) < 4.78 is 0.485. The summed E-state index contributed by atoms with van der Waals surface area (Å²) in [4.78, 5) is 5.22. The molecule has 2 nitrogen and oxygen atoms in total. The predicted molar refractivity (Wildman–Crippen MR) is 78.2 cm³/mol. The topological polar surface area (TPSA) is 6.48 Å². The van der Waals surface area contributed by atoms with Gasteiger partial charge in [0, 0.05) is 29.1 Å². The first-order chi connectivity index (χ1) is 7.41. The second-order valence-electron chi connectivity index (χ2n) is 6.11. The molecule has 0 aromatic heterocycles. The SMILES string of the molecule is CC1CN(C2CCN(C)C2)CC(C)C1(C)I. The van der Waals surface area contributed by atoms with Gasteiger partial charge in [0.05, 0.1) is 0 Å². The molecule has 0 amide bonds. The van der Waals surface area contributed by atoms with Crippen LogP contribution in [0.3, 0.4) is 0 Å². The lowest BCUT2D eigenvalue weighted by atomic mass is 9.80. The molecule has 2 heterocycles. The van der Waals surface area contributed by atoms with E-state index in [9.17, 15) is 0 Å². The molecular formula is C13H25IN2. The molecule has 2 saturated heterocycles. The Kier molecular flexibility index (Phi) is 3.87. The van der Waals surface area contributed by atoms with Crippen molar-refractivity contribution in [1.29, 1.82) is 0 Å². The molecule has 0 radical (unpaired) electrons. The van der Waals surface area contributed by atoms with Crippen LogP contribution >= 0.6 is 22.6 Å². The van der Waals surface area contributed by atoms with Crippen molar-refractivity contribution in [2.45, 2.75) is 36.7 Å². The summed E-state index contributed by atoms with van der Waals surface area (Å²) in [5, 5.41) is 0. The van der Waals surface area contributed by atoms with Crippen LogP contribution in [0.2, 0.25) is 0 Å². The molecule has 0 aromatic rings. The molecule has 2 aliphatic rings. The molecule has 2 fully saturated rings. The van der Waals surface area contributed by atoms with Gasteiger partial charge in [-0.3, -0.25) is 4.90 Å². The second-order valence-corrected chi connectivity index (χ2v) is 8.44. The van der Waals surface area contributed by atoms with Crippen LogP contribution in [0.5, 0.6) is 0 Å². The zero-order valence-electron chi connectivity index (χ0n) is 11.0. The van der Waals surface area contributed by atoms with E-state index in [0.29, 0.717) is 3.42 Å². The second kappa shape index (κ2) is 4.73. The fraction of sp³-hybridized carbons (Fsp3) is 1.00. The van der Waals surface area contributed by atoms with E-state index in [1.807, 2.05) is 0 Å². The molecule has 3 heteroatoms. The van der Waals surface area contributed by atoms with Crippen molar-refractivity contribution in [3.63, 3.8) is 0 Å². The van der Waals surface area contributed by atoms with Gasteiger partial charge in [-0.05, 0) is 38.8 Å². The molecule has 0 aromatic carbocycles. The summed E-state index contributed by atoms with van der Waals surface area (Å²) >= 11 is 2.68. The molecule has 0 saturated carbocycles. The van der Waals surface area contributed by atoms with Gasteiger partial charge in [-0.25, -0.2) is 0 Å². The van der Waals surface area contributed by atoms with Crippen molar-refractivity contribution in [2.75, 3.05) is 33.2 Å². The predicted octanol–water partition coefficient (Wildman–Crippen LogP) is 2.47. The molecular weight excluding hydrogens is 311 g/mol. The zero-order valence-corrected chi connectivity index (χ0v) is 13.2. The number of halogens is 1. The lowest BCUT2D eigenvalue weighted by Crippen LogP contribution is -2.54. The van der Waals surface area contributed by atoms with Crippen molar-refractivity contribution in [2.24, 2.45) is 11.8 Å². The highest BCUT2D eigenvalue weighted by molar-refractivity contribution is 14.1. The lowest BCUT2D eigenvalue weighted by molar-refractivity contribution is 0.0800. The van der Waals surface area contributed by atoms with E-state index in [1.54, 1.807) is 0 Å². The highest BCUT2D eigenvalue weighted by atomic mass is 127. The Hall–Kier alpha value is 0.650. The number of piperidine rings is 1. The maximum atomic E-state index is 2.75. The summed E-state index contributed by atoms with van der Waals surface area (Å²) in [5.74, 6) is 1.62. The largest absolute Gasteiger partial charge is 0.305 e. The maximum Gasteiger partial charge on any atom is 0.0269 e. The molecule has 0 N–H and O–H groups in total. The monoisotopic (exact) mass is 336 g/mol. The first-order valence-electron chi connectivity index (χ1n) is 6.52. The lowest BCUT2D eigenvalue weighted by Gasteiger charge is -2.47. The summed E-state index contributed by atoms with van der Waals surface area (Å²) in [5.41, 5.74) is 0. The van der Waals surface area contributed by atoms with Gasteiger partial charge in [0.25, 0.3) is 0 Å². The number of likely N-dealkylation sites (N-methyl/N-ethyl adjacent to an activating group) is 1. The Bertz CT molecular complexity index is 240. The molecule has 16 heavy (non-hydrogen) atoms. The van der Waals surface area contributed by atoms with E-state index >= 15 is 0 Å². The van der Waals surface area contributed by atoms with Crippen LogP contribution < -0.4 is 0 Å². The van der Waals surface area contributed by atoms with Crippen molar-refractivity contribution >= 4 is 22.6 Å². The molecule has 3 atom stereocenters. The van der Waals surface area contributed by atoms with Crippen molar-refractivity contribution in [3.8, 4) is 0 Å². The molecule has 2 aliphatic heterocycles. The summed E-state index contributed by atoms with van der Waals surface area (Å²) in [6.45, 7) is 12.4. The van der Waals surface area contributed by atoms with Crippen LogP contribution in [-0.4, -0.2) is 52.5 Å². The molecule has 2 rings (SSSR count). The molecule has 0 aliphatic carbocycles. The molecule has 94 valence electrons. The average molecular weight is 336 g/mol. The van der Waals surface area contributed by atoms with Crippen LogP contribution in [0.4, 0.5) is 0 Å². The van der Waals surface area contributed by atoms with Crippen molar-refractivity contribution in [1.82, 2.24) is 9.80 Å². The maximum absolute atomic E-state index is 2.75. The highest BCUT2D eigenvalue weighted by Gasteiger charge is 2.42. The average Bonchev–Trinajstić information content (AvgIpc) is 2.61. The number of likely N-dealkylation sites (tertiary alicyclic amines) is 2. The highest BCUT2D eigenvalue weighted by Crippen LogP contribution is 2.41. The van der Waals surface area contributed by atoms with E-state index in [0.717, 1.165) is 17.9 Å². The third kappa shape index (κ3) is 2.41. The van der Waals surface area contributed by atoms with Crippen molar-refractivity contribution in [3.05, 3.63) is 0 Å². The smallest absolute Gasteiger partial charge is 0.0269 e. The van der Waals surface area contributed by atoms with Gasteiger partial charge in [-0.2, -0.15) is 0 Å². The van der Waals surface area contributed by atoms with E-state index in [1.165, 1.54) is 32.6 Å². The standard InChI is InChI=1S/C13H25IN2/c1-10-7-16(8-11(2)13(10,3)14)12-5-6-15(4)9-12/h10-12H,5-9H2,1-4H3. The third-order valence-electron chi connectivity index (χ3n) is 4.83. The van der Waals surface area contributed by atoms with E-state index in [4.69, 9.17) is 0 Å². The van der Waals surface area contributed by atoms with E-state index < -0.39 is 0 Å². The molecule has 0 spiro atoms. The van der Waals surface area contributed by atoms with Crippen molar-refractivity contribution < 1.29 is 0 Å². The minimum atomic E-state index is 0.485. The first kappa shape index (κ1) is 13.1. The Balaban J connectivity index is 1.99. The molecule has 0 bridgehead atoms. The number of alkyl halides is 1. The van der Waals surface area contributed by atoms with Crippen LogP contribution in [0.25, 0.3) is 0 Å². The summed E-state index contributed by atoms with van der Waals surface area (Å²) in [7, 11) is 2.25. The molecule has 3 unspecified atom stereocenters. The van der Waals surface area contributed by atoms with Crippen LogP contribution in [0.1, 0.15) is 27.2 Å². The van der Waals surface area contributed by atoms with Crippen LogP contribution in [0.15, 0.2) is 0 Å². The van der Waals surface area contributed by atoms with Crippen LogP contribution in [0, 0.1) is 11.8 Å². The Morgan fingerprint density at radius 3 is 2.12 bits per heavy atom. The first-order valence-corrected chi connectivity index (χ1v) is 7.60. The van der Waals surface area contributed by atoms with Gasteiger partial charge < -0.3 is 4.90 Å². The Labute approximate surface area is 114 Å². The normalized spacial score (nSPS) is 47.4. The quantitative estimate of drug-likeness (QED) is 0.536. The number of nitrogens with zero attached hydrogens (tertiary/aromatic N) is 2. The fourth-order valence-electron chi connectivity index (χ4n) is 3.13. The number of rotatable bonds is 1. The van der Waals surface area contributed by atoms with Gasteiger partial charge in [-0.1, -0.05) is 36.4 Å².